The molecule has 56 valence electrons. The second-order valence-corrected chi connectivity index (χ2v) is 2.45. The molecule has 2 aromatic rings. The van der Waals surface area contributed by atoms with Crippen LogP contribution in [-0.4, -0.2) is 14.1 Å². The van der Waals surface area contributed by atoms with E-state index in [4.69, 9.17) is 0 Å². The smallest absolute Gasteiger partial charge is 0.136 e. The second-order valence-electron chi connectivity index (χ2n) is 2.45. The van der Waals surface area contributed by atoms with E-state index < -0.39 is 0 Å². The molecule has 0 aliphatic heterocycles. The van der Waals surface area contributed by atoms with Crippen molar-refractivity contribution in [3.63, 3.8) is 0 Å². The molecule has 2 heterocycles. The molecule has 0 saturated heterocycles. The fourth-order valence-corrected chi connectivity index (χ4v) is 1.09. The first-order chi connectivity index (χ1) is 5.38. The third kappa shape index (κ3) is 0.941. The summed E-state index contributed by atoms with van der Waals surface area (Å²) in [4.78, 5) is 4.02. The van der Waals surface area contributed by atoms with E-state index in [2.05, 4.69) is 4.98 Å². The van der Waals surface area contributed by atoms with Gasteiger partial charge >= 0.3 is 0 Å². The molecule has 0 bridgehead atoms. The van der Waals surface area contributed by atoms with E-state index in [0.717, 1.165) is 5.82 Å². The van der Waals surface area contributed by atoms with Crippen LogP contribution in [0.4, 0.5) is 0 Å². The zero-order valence-electron chi connectivity index (χ0n) is 6.31. The summed E-state index contributed by atoms with van der Waals surface area (Å²) >= 11 is 0. The number of hydrogen-bond donors (Lipinski definition) is 0. The van der Waals surface area contributed by atoms with Crippen LogP contribution in [0.1, 0.15) is 0 Å². The molecule has 0 aliphatic rings. The summed E-state index contributed by atoms with van der Waals surface area (Å²) in [5.74, 6) is 1.08. The second kappa shape index (κ2) is 2.27. The predicted molar refractivity (Wildman–Crippen MR) is 42.5 cm³/mol. The Labute approximate surface area is 64.9 Å². The van der Waals surface area contributed by atoms with Crippen molar-refractivity contribution in [3.05, 3.63) is 37.1 Å². The zero-order valence-corrected chi connectivity index (χ0v) is 6.31. The molecular weight excluding hydrogens is 138 g/mol. The van der Waals surface area contributed by atoms with Crippen LogP contribution in [0.15, 0.2) is 37.1 Å². The van der Waals surface area contributed by atoms with Crippen molar-refractivity contribution in [2.24, 2.45) is 7.05 Å². The maximum atomic E-state index is 4.02. The largest absolute Gasteiger partial charge is 0.320 e. The standard InChI is InChI=1S/C8H9N3/c1-10-7-9-6-8(10)11-4-2-3-5-11/h2-7H,1H3. The van der Waals surface area contributed by atoms with Crippen molar-refractivity contribution in [1.29, 1.82) is 0 Å². The van der Waals surface area contributed by atoms with Crippen LogP contribution >= 0.6 is 0 Å². The van der Waals surface area contributed by atoms with Gasteiger partial charge in [-0.25, -0.2) is 4.98 Å². The summed E-state index contributed by atoms with van der Waals surface area (Å²) in [6.07, 6.45) is 7.61. The van der Waals surface area contributed by atoms with E-state index >= 15 is 0 Å². The highest BCUT2D eigenvalue weighted by Crippen LogP contribution is 2.04. The maximum Gasteiger partial charge on any atom is 0.136 e. The SMILES string of the molecule is Cn1cncc1-n1cccc1. The van der Waals surface area contributed by atoms with Crippen LogP contribution in [0.5, 0.6) is 0 Å². The van der Waals surface area contributed by atoms with Gasteiger partial charge in [0.05, 0.1) is 12.5 Å². The Hall–Kier alpha value is -1.51. The molecule has 0 atom stereocenters. The van der Waals surface area contributed by atoms with E-state index in [-0.39, 0.29) is 0 Å². The van der Waals surface area contributed by atoms with Crippen molar-refractivity contribution in [1.82, 2.24) is 14.1 Å². The fraction of sp³-hybridized carbons (Fsp3) is 0.125. The Bertz CT molecular complexity index is 332. The van der Waals surface area contributed by atoms with Crippen LogP contribution in [0.3, 0.4) is 0 Å². The van der Waals surface area contributed by atoms with Crippen LogP contribution in [0, 0.1) is 0 Å². The van der Waals surface area contributed by atoms with E-state index in [1.807, 2.05) is 46.9 Å². The lowest BCUT2D eigenvalue weighted by Gasteiger charge is -2.00. The average Bonchev–Trinajstić information content (AvgIpc) is 2.55. The Morgan fingerprint density at radius 2 is 2.00 bits per heavy atom. The first kappa shape index (κ1) is 6.22. The zero-order chi connectivity index (χ0) is 7.68. The molecular formula is C8H9N3. The van der Waals surface area contributed by atoms with Gasteiger partial charge in [-0.1, -0.05) is 0 Å². The normalized spacial score (nSPS) is 10.3. The van der Waals surface area contributed by atoms with Gasteiger partial charge in [-0.3, -0.25) is 0 Å². The number of nitrogens with zero attached hydrogens (tertiary/aromatic N) is 3. The minimum atomic E-state index is 1.08. The van der Waals surface area contributed by atoms with Gasteiger partial charge in [-0.15, -0.1) is 0 Å². The number of aryl methyl sites for hydroxylation is 1. The molecule has 0 amide bonds. The van der Waals surface area contributed by atoms with E-state index in [1.165, 1.54) is 0 Å². The van der Waals surface area contributed by atoms with Gasteiger partial charge in [0, 0.05) is 19.4 Å². The Morgan fingerprint density at radius 3 is 2.55 bits per heavy atom. The van der Waals surface area contributed by atoms with Gasteiger partial charge in [-0.05, 0) is 12.1 Å². The summed E-state index contributed by atoms with van der Waals surface area (Å²) in [6.45, 7) is 0. The Balaban J connectivity index is 2.53. The highest BCUT2D eigenvalue weighted by atomic mass is 15.2. The lowest BCUT2D eigenvalue weighted by Crippen LogP contribution is -1.96. The van der Waals surface area contributed by atoms with E-state index in [0.29, 0.717) is 0 Å². The summed E-state index contributed by atoms with van der Waals surface area (Å²) in [6, 6.07) is 3.99. The number of aromatic nitrogens is 3. The van der Waals surface area contributed by atoms with Gasteiger partial charge in [0.2, 0.25) is 0 Å². The summed E-state index contributed by atoms with van der Waals surface area (Å²) in [5, 5.41) is 0. The molecule has 0 unspecified atom stereocenters. The molecule has 2 aromatic heterocycles. The van der Waals surface area contributed by atoms with Crippen molar-refractivity contribution in [3.8, 4) is 5.82 Å². The van der Waals surface area contributed by atoms with Gasteiger partial charge in [0.25, 0.3) is 0 Å². The van der Waals surface area contributed by atoms with Gasteiger partial charge in [-0.2, -0.15) is 0 Å². The highest BCUT2D eigenvalue weighted by molar-refractivity contribution is 5.20. The molecule has 11 heavy (non-hydrogen) atoms. The molecule has 0 aromatic carbocycles. The molecule has 2 rings (SSSR count). The molecule has 0 saturated carbocycles. The predicted octanol–water partition coefficient (Wildman–Crippen LogP) is 1.21. The van der Waals surface area contributed by atoms with Crippen LogP contribution < -0.4 is 0 Å². The molecule has 0 N–H and O–H groups in total. The molecule has 0 spiro atoms. The van der Waals surface area contributed by atoms with Crippen LogP contribution in [0.2, 0.25) is 0 Å². The highest BCUT2D eigenvalue weighted by Gasteiger charge is 1.96. The van der Waals surface area contributed by atoms with E-state index in [9.17, 15) is 0 Å². The molecule has 3 heteroatoms. The van der Waals surface area contributed by atoms with Crippen LogP contribution in [0.25, 0.3) is 5.82 Å². The quantitative estimate of drug-likeness (QED) is 0.594. The van der Waals surface area contributed by atoms with Crippen molar-refractivity contribution < 1.29 is 0 Å². The van der Waals surface area contributed by atoms with Gasteiger partial charge in [0.1, 0.15) is 5.82 Å². The Morgan fingerprint density at radius 1 is 1.27 bits per heavy atom. The van der Waals surface area contributed by atoms with Crippen molar-refractivity contribution >= 4 is 0 Å². The molecule has 0 aliphatic carbocycles. The maximum absolute atomic E-state index is 4.02. The van der Waals surface area contributed by atoms with E-state index in [1.54, 1.807) is 6.33 Å². The lowest BCUT2D eigenvalue weighted by atomic mass is 10.7. The molecule has 0 radical (unpaired) electrons. The average molecular weight is 147 g/mol. The van der Waals surface area contributed by atoms with Gasteiger partial charge < -0.3 is 9.13 Å². The molecule has 3 nitrogen and oxygen atoms in total. The van der Waals surface area contributed by atoms with Crippen LogP contribution in [-0.2, 0) is 7.05 Å². The monoisotopic (exact) mass is 147 g/mol. The number of rotatable bonds is 1. The fourth-order valence-electron chi connectivity index (χ4n) is 1.09. The minimum absolute atomic E-state index is 1.08. The first-order valence-corrected chi connectivity index (χ1v) is 3.47. The summed E-state index contributed by atoms with van der Waals surface area (Å²) in [7, 11) is 1.97. The molecule has 0 fully saturated rings. The third-order valence-electron chi connectivity index (χ3n) is 1.66. The topological polar surface area (TPSA) is 22.8 Å². The first-order valence-electron chi connectivity index (χ1n) is 3.47. The lowest BCUT2D eigenvalue weighted by molar-refractivity contribution is 0.842. The summed E-state index contributed by atoms with van der Waals surface area (Å²) in [5.41, 5.74) is 0. The van der Waals surface area contributed by atoms with Crippen molar-refractivity contribution in [2.45, 2.75) is 0 Å². The Kier molecular flexibility index (Phi) is 1.28. The number of imidazole rings is 1. The minimum Gasteiger partial charge on any atom is -0.320 e. The summed E-state index contributed by atoms with van der Waals surface area (Å²) < 4.78 is 3.99. The van der Waals surface area contributed by atoms with Crippen molar-refractivity contribution in [2.75, 3.05) is 0 Å². The third-order valence-corrected chi connectivity index (χ3v) is 1.66. The number of hydrogen-bond acceptors (Lipinski definition) is 1. The van der Waals surface area contributed by atoms with Gasteiger partial charge in [0.15, 0.2) is 0 Å².